The summed E-state index contributed by atoms with van der Waals surface area (Å²) in [5.41, 5.74) is 1.23. The SMILES string of the molecule is COCC(=O)Nc1ccc2nc(NS(=O)(=O)c3ccccc3)sc2c1. The van der Waals surface area contributed by atoms with Gasteiger partial charge in [0.1, 0.15) is 6.61 Å². The van der Waals surface area contributed by atoms with Crippen LogP contribution in [0.2, 0.25) is 0 Å². The van der Waals surface area contributed by atoms with Crippen LogP contribution in [0, 0.1) is 0 Å². The number of methoxy groups -OCH3 is 1. The lowest BCUT2D eigenvalue weighted by Gasteiger charge is -2.03. The van der Waals surface area contributed by atoms with Crippen LogP contribution in [0.5, 0.6) is 0 Å². The highest BCUT2D eigenvalue weighted by atomic mass is 32.2. The number of benzene rings is 2. The Morgan fingerprint density at radius 2 is 1.96 bits per heavy atom. The zero-order valence-corrected chi connectivity index (χ0v) is 14.9. The highest BCUT2D eigenvalue weighted by Crippen LogP contribution is 2.29. The summed E-state index contributed by atoms with van der Waals surface area (Å²) in [6.07, 6.45) is 0. The standard InChI is InChI=1S/C16H15N3O4S2/c1-23-10-15(20)17-11-7-8-13-14(9-11)24-16(18-13)19-25(21,22)12-5-3-2-4-6-12/h2-9H,10H2,1H3,(H,17,20)(H,18,19). The molecule has 0 atom stereocenters. The number of sulfonamides is 1. The van der Waals surface area contributed by atoms with E-state index in [1.54, 1.807) is 36.4 Å². The van der Waals surface area contributed by atoms with Crippen LogP contribution in [0.1, 0.15) is 0 Å². The number of aromatic nitrogens is 1. The number of ether oxygens (including phenoxy) is 1. The topological polar surface area (TPSA) is 97.4 Å². The first kappa shape index (κ1) is 17.3. The van der Waals surface area contributed by atoms with Crippen molar-refractivity contribution in [3.8, 4) is 0 Å². The first-order valence-corrected chi connectivity index (χ1v) is 9.55. The smallest absolute Gasteiger partial charge is 0.263 e. The summed E-state index contributed by atoms with van der Waals surface area (Å²) >= 11 is 1.19. The zero-order chi connectivity index (χ0) is 17.9. The molecule has 0 saturated carbocycles. The van der Waals surface area contributed by atoms with Gasteiger partial charge in [0.05, 0.1) is 15.1 Å². The maximum atomic E-state index is 12.3. The molecule has 0 aliphatic heterocycles. The normalized spacial score (nSPS) is 11.4. The van der Waals surface area contributed by atoms with Crippen molar-refractivity contribution in [2.24, 2.45) is 0 Å². The number of hydrogen-bond acceptors (Lipinski definition) is 6. The second-order valence-corrected chi connectivity index (χ2v) is 7.81. The van der Waals surface area contributed by atoms with Gasteiger partial charge >= 0.3 is 0 Å². The van der Waals surface area contributed by atoms with Crippen LogP contribution < -0.4 is 10.0 Å². The summed E-state index contributed by atoms with van der Waals surface area (Å²) < 4.78 is 32.7. The van der Waals surface area contributed by atoms with Crippen LogP contribution in [0.4, 0.5) is 10.8 Å². The third kappa shape index (κ3) is 4.13. The predicted octanol–water partition coefficient (Wildman–Crippen LogP) is 2.68. The van der Waals surface area contributed by atoms with Crippen molar-refractivity contribution in [2.75, 3.05) is 23.8 Å². The van der Waals surface area contributed by atoms with Gasteiger partial charge in [-0.1, -0.05) is 29.5 Å². The van der Waals surface area contributed by atoms with Gasteiger partial charge in [-0.3, -0.25) is 9.52 Å². The first-order valence-electron chi connectivity index (χ1n) is 7.25. The monoisotopic (exact) mass is 377 g/mol. The second-order valence-electron chi connectivity index (χ2n) is 5.10. The second kappa shape index (κ2) is 7.18. The molecule has 0 saturated heterocycles. The van der Waals surface area contributed by atoms with Crippen molar-refractivity contribution in [2.45, 2.75) is 4.90 Å². The van der Waals surface area contributed by atoms with Crippen LogP contribution in [0.15, 0.2) is 53.4 Å². The average molecular weight is 377 g/mol. The molecule has 0 unspecified atom stereocenters. The van der Waals surface area contributed by atoms with Crippen LogP contribution in [-0.4, -0.2) is 33.0 Å². The Bertz CT molecular complexity index is 1000. The molecule has 0 fully saturated rings. The number of carbonyl (C=O) groups is 1. The van der Waals surface area contributed by atoms with Gasteiger partial charge in [-0.25, -0.2) is 13.4 Å². The molecule has 9 heteroatoms. The molecule has 2 N–H and O–H groups in total. The number of thiazole rings is 1. The molecule has 3 rings (SSSR count). The zero-order valence-electron chi connectivity index (χ0n) is 13.2. The van der Waals surface area contributed by atoms with Gasteiger partial charge in [0.2, 0.25) is 5.91 Å². The van der Waals surface area contributed by atoms with Crippen molar-refractivity contribution in [3.05, 3.63) is 48.5 Å². The summed E-state index contributed by atoms with van der Waals surface area (Å²) in [6, 6.07) is 13.2. The van der Waals surface area contributed by atoms with Crippen LogP contribution >= 0.6 is 11.3 Å². The van der Waals surface area contributed by atoms with E-state index in [4.69, 9.17) is 4.74 Å². The average Bonchev–Trinajstić information content (AvgIpc) is 2.96. The van der Waals surface area contributed by atoms with Crippen molar-refractivity contribution >= 4 is 48.3 Å². The van der Waals surface area contributed by atoms with E-state index in [0.717, 1.165) is 4.70 Å². The molecule has 25 heavy (non-hydrogen) atoms. The van der Waals surface area contributed by atoms with E-state index in [9.17, 15) is 13.2 Å². The molecule has 0 aliphatic carbocycles. The first-order chi connectivity index (χ1) is 12.0. The van der Waals surface area contributed by atoms with Gasteiger partial charge in [0, 0.05) is 12.8 Å². The van der Waals surface area contributed by atoms with Crippen LogP contribution in [-0.2, 0) is 19.6 Å². The molecule has 1 amide bonds. The van der Waals surface area contributed by atoms with E-state index in [0.29, 0.717) is 11.2 Å². The number of rotatable bonds is 6. The Hall–Kier alpha value is -2.49. The maximum absolute atomic E-state index is 12.3. The third-order valence-electron chi connectivity index (χ3n) is 3.22. The Kier molecular flexibility index (Phi) is 4.98. The summed E-state index contributed by atoms with van der Waals surface area (Å²) in [6.45, 7) is -0.0388. The third-order valence-corrected chi connectivity index (χ3v) is 5.64. The minimum absolute atomic E-state index is 0.0388. The van der Waals surface area contributed by atoms with Crippen molar-refractivity contribution in [1.82, 2.24) is 4.98 Å². The molecule has 1 aromatic heterocycles. The minimum atomic E-state index is -3.69. The van der Waals surface area contributed by atoms with E-state index in [1.165, 1.54) is 30.6 Å². The number of nitrogens with one attached hydrogen (secondary N) is 2. The van der Waals surface area contributed by atoms with E-state index in [-0.39, 0.29) is 22.5 Å². The predicted molar refractivity (Wildman–Crippen MR) is 97.4 cm³/mol. The Labute approximate surface area is 148 Å². The molecule has 0 bridgehead atoms. The fraction of sp³-hybridized carbons (Fsp3) is 0.125. The van der Waals surface area contributed by atoms with Crippen molar-refractivity contribution in [1.29, 1.82) is 0 Å². The van der Waals surface area contributed by atoms with E-state index in [2.05, 4.69) is 15.0 Å². The number of fused-ring (bicyclic) bond motifs is 1. The Morgan fingerprint density at radius 3 is 2.68 bits per heavy atom. The molecule has 7 nitrogen and oxygen atoms in total. The molecule has 130 valence electrons. The number of carbonyl (C=O) groups excluding carboxylic acids is 1. The minimum Gasteiger partial charge on any atom is -0.375 e. The van der Waals surface area contributed by atoms with Crippen LogP contribution in [0.3, 0.4) is 0 Å². The number of nitrogens with zero attached hydrogens (tertiary/aromatic N) is 1. The number of amides is 1. The van der Waals surface area contributed by atoms with Gasteiger partial charge < -0.3 is 10.1 Å². The fourth-order valence-electron chi connectivity index (χ4n) is 2.15. The van der Waals surface area contributed by atoms with Gasteiger partial charge in [-0.05, 0) is 30.3 Å². The van der Waals surface area contributed by atoms with Crippen molar-refractivity contribution in [3.63, 3.8) is 0 Å². The van der Waals surface area contributed by atoms with Gasteiger partial charge in [0.25, 0.3) is 10.0 Å². The molecular formula is C16H15N3O4S2. The summed E-state index contributed by atoms with van der Waals surface area (Å²) in [5.74, 6) is -0.267. The summed E-state index contributed by atoms with van der Waals surface area (Å²) in [5, 5.41) is 2.96. The highest BCUT2D eigenvalue weighted by Gasteiger charge is 2.16. The van der Waals surface area contributed by atoms with Crippen molar-refractivity contribution < 1.29 is 17.9 Å². The van der Waals surface area contributed by atoms with Gasteiger partial charge in [-0.2, -0.15) is 0 Å². The molecule has 0 aliphatic rings. The van der Waals surface area contributed by atoms with E-state index >= 15 is 0 Å². The van der Waals surface area contributed by atoms with E-state index in [1.807, 2.05) is 0 Å². The number of anilines is 2. The van der Waals surface area contributed by atoms with Gasteiger partial charge in [-0.15, -0.1) is 0 Å². The maximum Gasteiger partial charge on any atom is 0.263 e. The molecule has 3 aromatic rings. The van der Waals surface area contributed by atoms with Gasteiger partial charge in [0.15, 0.2) is 5.13 Å². The molecule has 1 heterocycles. The molecular weight excluding hydrogens is 362 g/mol. The lowest BCUT2D eigenvalue weighted by atomic mass is 10.3. The van der Waals surface area contributed by atoms with E-state index < -0.39 is 10.0 Å². The lowest BCUT2D eigenvalue weighted by Crippen LogP contribution is -2.16. The van der Waals surface area contributed by atoms with Crippen LogP contribution in [0.25, 0.3) is 10.2 Å². The Morgan fingerprint density at radius 1 is 1.20 bits per heavy atom. The number of hydrogen-bond donors (Lipinski definition) is 2. The Balaban J connectivity index is 1.83. The fourth-order valence-corrected chi connectivity index (χ4v) is 4.31. The highest BCUT2D eigenvalue weighted by molar-refractivity contribution is 7.93. The molecule has 2 aromatic carbocycles. The molecule has 0 spiro atoms. The summed E-state index contributed by atoms with van der Waals surface area (Å²) in [4.78, 5) is 16.0. The lowest BCUT2D eigenvalue weighted by molar-refractivity contribution is -0.119. The molecule has 0 radical (unpaired) electrons. The quantitative estimate of drug-likeness (QED) is 0.688. The largest absolute Gasteiger partial charge is 0.375 e. The summed E-state index contributed by atoms with van der Waals surface area (Å²) in [7, 11) is -2.24.